The summed E-state index contributed by atoms with van der Waals surface area (Å²) in [6, 6.07) is 10.4. The summed E-state index contributed by atoms with van der Waals surface area (Å²) in [5, 5.41) is 18.8. The third-order valence-electron chi connectivity index (χ3n) is 3.90. The lowest BCUT2D eigenvalue weighted by atomic mass is 10.2. The molecule has 0 aliphatic heterocycles. The number of aryl methyl sites for hydroxylation is 2. The number of aromatic nitrogens is 2. The van der Waals surface area contributed by atoms with E-state index >= 15 is 0 Å². The van der Waals surface area contributed by atoms with Crippen molar-refractivity contribution in [3.8, 4) is 0 Å². The fourth-order valence-electron chi connectivity index (χ4n) is 2.49. The Morgan fingerprint density at radius 3 is 2.11 bits per heavy atom. The Morgan fingerprint density at radius 2 is 1.48 bits per heavy atom. The Kier molecular flexibility index (Phi) is 5.43. The number of nitro groups is 1. The molecular formula is C18H15Cl2N5O2. The zero-order chi connectivity index (χ0) is 19.6. The molecule has 3 aromatic rings. The highest BCUT2D eigenvalue weighted by molar-refractivity contribution is 6.31. The first-order chi connectivity index (χ1) is 12.8. The Labute approximate surface area is 165 Å². The molecule has 2 aromatic carbocycles. The van der Waals surface area contributed by atoms with Gasteiger partial charge in [-0.15, -0.1) is 0 Å². The Bertz CT molecular complexity index is 1030. The number of hydrogen-bond donors (Lipinski definition) is 2. The van der Waals surface area contributed by atoms with Crippen LogP contribution in [-0.4, -0.2) is 14.9 Å². The first kappa shape index (κ1) is 18.9. The smallest absolute Gasteiger partial charge is 0.334 e. The molecule has 0 bridgehead atoms. The summed E-state index contributed by atoms with van der Waals surface area (Å²) in [7, 11) is 0. The maximum Gasteiger partial charge on any atom is 0.353 e. The quantitative estimate of drug-likeness (QED) is 0.413. The number of hydrogen-bond acceptors (Lipinski definition) is 6. The van der Waals surface area contributed by atoms with Crippen LogP contribution >= 0.6 is 23.2 Å². The zero-order valence-corrected chi connectivity index (χ0v) is 16.0. The highest BCUT2D eigenvalue weighted by Crippen LogP contribution is 2.35. The van der Waals surface area contributed by atoms with Crippen molar-refractivity contribution in [1.29, 1.82) is 0 Å². The molecule has 0 saturated carbocycles. The predicted molar refractivity (Wildman–Crippen MR) is 108 cm³/mol. The van der Waals surface area contributed by atoms with Gasteiger partial charge in [0.1, 0.15) is 6.33 Å². The van der Waals surface area contributed by atoms with Gasteiger partial charge in [0.05, 0.1) is 4.92 Å². The van der Waals surface area contributed by atoms with E-state index in [0.29, 0.717) is 21.4 Å². The van der Waals surface area contributed by atoms with Crippen LogP contribution in [0.4, 0.5) is 28.7 Å². The monoisotopic (exact) mass is 403 g/mol. The van der Waals surface area contributed by atoms with Crippen LogP contribution in [0.25, 0.3) is 0 Å². The van der Waals surface area contributed by atoms with Gasteiger partial charge in [-0.25, -0.2) is 9.97 Å². The van der Waals surface area contributed by atoms with Crippen LogP contribution in [0.3, 0.4) is 0 Å². The molecule has 1 heterocycles. The third kappa shape index (κ3) is 4.27. The largest absolute Gasteiger partial charge is 0.353 e. The second-order valence-electron chi connectivity index (χ2n) is 5.85. The molecule has 2 N–H and O–H groups in total. The maximum absolute atomic E-state index is 11.7. The van der Waals surface area contributed by atoms with Crippen LogP contribution in [0.5, 0.6) is 0 Å². The van der Waals surface area contributed by atoms with Gasteiger partial charge in [0.25, 0.3) is 0 Å². The van der Waals surface area contributed by atoms with Crippen LogP contribution in [0.15, 0.2) is 42.7 Å². The fraction of sp³-hybridized carbons (Fsp3) is 0.111. The molecule has 0 spiro atoms. The lowest BCUT2D eigenvalue weighted by Crippen LogP contribution is -2.06. The number of anilines is 4. The molecule has 0 amide bonds. The van der Waals surface area contributed by atoms with Gasteiger partial charge >= 0.3 is 5.69 Å². The van der Waals surface area contributed by atoms with E-state index in [-0.39, 0.29) is 17.3 Å². The highest BCUT2D eigenvalue weighted by atomic mass is 35.5. The molecule has 138 valence electrons. The standard InChI is InChI=1S/C18H15Cl2N5O2/c1-10-3-4-13(20)8-15(10)24-18-16(25(26)27)17(21-9-22-18)23-14-6-5-12(19)7-11(14)2/h3-9H,1-2H3,(H2,21,22,23,24). The minimum atomic E-state index is -0.532. The zero-order valence-electron chi connectivity index (χ0n) is 14.5. The van der Waals surface area contributed by atoms with Crippen molar-refractivity contribution in [3.05, 3.63) is 74.0 Å². The molecule has 9 heteroatoms. The highest BCUT2D eigenvalue weighted by Gasteiger charge is 2.24. The Balaban J connectivity index is 2.02. The number of nitrogens with zero attached hydrogens (tertiary/aromatic N) is 3. The van der Waals surface area contributed by atoms with Gasteiger partial charge in [-0.05, 0) is 55.3 Å². The molecule has 0 aliphatic carbocycles. The molecule has 0 atom stereocenters. The topological polar surface area (TPSA) is 93.0 Å². The number of nitrogens with one attached hydrogen (secondary N) is 2. The summed E-state index contributed by atoms with van der Waals surface area (Å²) < 4.78 is 0. The Hall–Kier alpha value is -2.90. The SMILES string of the molecule is Cc1cc(Cl)ccc1Nc1ncnc(Nc2cc(Cl)ccc2C)c1[N+](=O)[O-]. The molecule has 0 saturated heterocycles. The van der Waals surface area contributed by atoms with Gasteiger partial charge in [-0.2, -0.15) is 0 Å². The lowest BCUT2D eigenvalue weighted by molar-refractivity contribution is -0.383. The summed E-state index contributed by atoms with van der Waals surface area (Å²) >= 11 is 12.0. The van der Waals surface area contributed by atoms with Crippen molar-refractivity contribution in [3.63, 3.8) is 0 Å². The summed E-state index contributed by atoms with van der Waals surface area (Å²) in [4.78, 5) is 19.3. The average molecular weight is 404 g/mol. The van der Waals surface area contributed by atoms with Gasteiger partial charge in [-0.3, -0.25) is 10.1 Å². The van der Waals surface area contributed by atoms with E-state index in [1.54, 1.807) is 30.3 Å². The van der Waals surface area contributed by atoms with Crippen LogP contribution in [-0.2, 0) is 0 Å². The minimum absolute atomic E-state index is 0.0643. The summed E-state index contributed by atoms with van der Waals surface area (Å²) in [6.45, 7) is 3.71. The number of benzene rings is 2. The average Bonchev–Trinajstić information content (AvgIpc) is 2.60. The van der Waals surface area contributed by atoms with Crippen molar-refractivity contribution in [2.75, 3.05) is 10.6 Å². The van der Waals surface area contributed by atoms with Crippen LogP contribution in [0.2, 0.25) is 10.0 Å². The van der Waals surface area contributed by atoms with Gasteiger partial charge in [0.15, 0.2) is 0 Å². The Morgan fingerprint density at radius 1 is 0.889 bits per heavy atom. The normalized spacial score (nSPS) is 10.5. The van der Waals surface area contributed by atoms with E-state index in [0.717, 1.165) is 11.1 Å². The molecule has 0 radical (unpaired) electrons. The van der Waals surface area contributed by atoms with E-state index in [1.807, 2.05) is 19.9 Å². The van der Waals surface area contributed by atoms with Crippen molar-refractivity contribution < 1.29 is 4.92 Å². The van der Waals surface area contributed by atoms with Gasteiger partial charge in [0.2, 0.25) is 11.6 Å². The van der Waals surface area contributed by atoms with E-state index in [4.69, 9.17) is 23.2 Å². The predicted octanol–water partition coefficient (Wildman–Crippen LogP) is 5.80. The second kappa shape index (κ2) is 7.77. The maximum atomic E-state index is 11.7. The summed E-state index contributed by atoms with van der Waals surface area (Å²) in [6.07, 6.45) is 1.25. The van der Waals surface area contributed by atoms with Crippen molar-refractivity contribution >= 4 is 51.9 Å². The van der Waals surface area contributed by atoms with E-state index < -0.39 is 4.92 Å². The molecule has 7 nitrogen and oxygen atoms in total. The van der Waals surface area contributed by atoms with Crippen LogP contribution in [0, 0.1) is 24.0 Å². The molecule has 0 aliphatic rings. The molecule has 27 heavy (non-hydrogen) atoms. The molecular weight excluding hydrogens is 389 g/mol. The van der Waals surface area contributed by atoms with E-state index in [1.165, 1.54) is 6.33 Å². The molecule has 1 aromatic heterocycles. The van der Waals surface area contributed by atoms with Crippen molar-refractivity contribution in [1.82, 2.24) is 9.97 Å². The van der Waals surface area contributed by atoms with Crippen LogP contribution in [0.1, 0.15) is 11.1 Å². The van der Waals surface area contributed by atoms with Crippen molar-refractivity contribution in [2.45, 2.75) is 13.8 Å². The first-order valence-corrected chi connectivity index (χ1v) is 8.66. The van der Waals surface area contributed by atoms with Crippen LogP contribution < -0.4 is 10.6 Å². The third-order valence-corrected chi connectivity index (χ3v) is 4.37. The summed E-state index contributed by atoms with van der Waals surface area (Å²) in [5.74, 6) is 0.136. The fourth-order valence-corrected chi connectivity index (χ4v) is 2.88. The summed E-state index contributed by atoms with van der Waals surface area (Å²) in [5.41, 5.74) is 2.71. The minimum Gasteiger partial charge on any atom is -0.334 e. The molecule has 0 fully saturated rings. The molecule has 0 unspecified atom stereocenters. The van der Waals surface area contributed by atoms with E-state index in [2.05, 4.69) is 20.6 Å². The molecule has 3 rings (SSSR count). The van der Waals surface area contributed by atoms with Gasteiger partial charge in [0, 0.05) is 21.4 Å². The van der Waals surface area contributed by atoms with Crippen molar-refractivity contribution in [2.24, 2.45) is 0 Å². The second-order valence-corrected chi connectivity index (χ2v) is 6.72. The lowest BCUT2D eigenvalue weighted by Gasteiger charge is -2.13. The van der Waals surface area contributed by atoms with Gasteiger partial charge < -0.3 is 10.6 Å². The number of halogens is 2. The van der Waals surface area contributed by atoms with Gasteiger partial charge in [-0.1, -0.05) is 29.3 Å². The first-order valence-electron chi connectivity index (χ1n) is 7.91. The number of rotatable bonds is 5. The van der Waals surface area contributed by atoms with E-state index in [9.17, 15) is 10.1 Å².